The number of rotatable bonds is 7. The van der Waals surface area contributed by atoms with E-state index in [1.54, 1.807) is 12.1 Å². The fourth-order valence-electron chi connectivity index (χ4n) is 3.01. The predicted molar refractivity (Wildman–Crippen MR) is 90.3 cm³/mol. The van der Waals surface area contributed by atoms with Crippen molar-refractivity contribution in [2.75, 3.05) is 13.2 Å². The summed E-state index contributed by atoms with van der Waals surface area (Å²) in [6, 6.07) is 7.42. The van der Waals surface area contributed by atoms with Crippen LogP contribution in [-0.2, 0) is 16.0 Å². The summed E-state index contributed by atoms with van der Waals surface area (Å²) >= 11 is 0. The first-order chi connectivity index (χ1) is 11.2. The molecule has 1 aliphatic carbocycles. The van der Waals surface area contributed by atoms with Gasteiger partial charge in [0.25, 0.3) is 5.91 Å². The zero-order valence-electron chi connectivity index (χ0n) is 14.0. The van der Waals surface area contributed by atoms with Crippen LogP contribution in [0.3, 0.4) is 0 Å². The summed E-state index contributed by atoms with van der Waals surface area (Å²) in [7, 11) is 0. The molecule has 0 aromatic heterocycles. The molecule has 1 aromatic rings. The number of nitrogens with one attached hydrogen (secondary N) is 1. The van der Waals surface area contributed by atoms with Gasteiger partial charge in [0.15, 0.2) is 0 Å². The number of amides is 1. The maximum atomic E-state index is 12.0. The zero-order chi connectivity index (χ0) is 16.5. The van der Waals surface area contributed by atoms with Crippen LogP contribution >= 0.6 is 0 Å². The highest BCUT2D eigenvalue weighted by Crippen LogP contribution is 2.26. The molecule has 0 spiro atoms. The molecule has 4 nitrogen and oxygen atoms in total. The SMILES string of the molecule is CCc1ccc(C(=O)NCC(=O)OCCC2CCCCC2)cc1. The largest absolute Gasteiger partial charge is 0.464 e. The molecule has 1 N–H and O–H groups in total. The summed E-state index contributed by atoms with van der Waals surface area (Å²) in [4.78, 5) is 23.6. The molecule has 0 aliphatic heterocycles. The highest BCUT2D eigenvalue weighted by Gasteiger charge is 2.14. The summed E-state index contributed by atoms with van der Waals surface area (Å²) in [5.74, 6) is 0.0967. The lowest BCUT2D eigenvalue weighted by atomic mass is 9.87. The summed E-state index contributed by atoms with van der Waals surface area (Å²) in [6.07, 6.45) is 8.32. The molecule has 1 saturated carbocycles. The molecule has 0 radical (unpaired) electrons. The molecule has 126 valence electrons. The number of benzene rings is 1. The predicted octanol–water partition coefficient (Wildman–Crippen LogP) is 3.49. The molecule has 1 fully saturated rings. The molecule has 1 amide bonds. The van der Waals surface area contributed by atoms with E-state index in [1.807, 2.05) is 12.1 Å². The molecular formula is C19H27NO3. The van der Waals surface area contributed by atoms with Crippen LogP contribution in [0, 0.1) is 5.92 Å². The van der Waals surface area contributed by atoms with Crippen molar-refractivity contribution in [2.24, 2.45) is 5.92 Å². The van der Waals surface area contributed by atoms with Crippen LogP contribution in [0.4, 0.5) is 0 Å². The van der Waals surface area contributed by atoms with Crippen molar-refractivity contribution in [3.63, 3.8) is 0 Å². The van der Waals surface area contributed by atoms with Gasteiger partial charge in [-0.1, -0.05) is 51.2 Å². The highest BCUT2D eigenvalue weighted by atomic mass is 16.5. The number of hydrogen-bond donors (Lipinski definition) is 1. The molecule has 2 rings (SSSR count). The lowest BCUT2D eigenvalue weighted by molar-refractivity contribution is -0.142. The quantitative estimate of drug-likeness (QED) is 0.783. The van der Waals surface area contributed by atoms with Crippen LogP contribution in [0.2, 0.25) is 0 Å². The third-order valence-electron chi connectivity index (χ3n) is 4.53. The van der Waals surface area contributed by atoms with E-state index in [1.165, 1.54) is 37.7 Å². The van der Waals surface area contributed by atoms with E-state index in [9.17, 15) is 9.59 Å². The van der Waals surface area contributed by atoms with E-state index in [0.717, 1.165) is 12.8 Å². The number of carbonyl (C=O) groups excluding carboxylic acids is 2. The average Bonchev–Trinajstić information content (AvgIpc) is 2.60. The molecule has 4 heteroatoms. The van der Waals surface area contributed by atoms with Crippen molar-refractivity contribution in [1.29, 1.82) is 0 Å². The fourth-order valence-corrected chi connectivity index (χ4v) is 3.01. The number of carbonyl (C=O) groups is 2. The first kappa shape index (κ1) is 17.5. The second-order valence-electron chi connectivity index (χ2n) is 6.25. The van der Waals surface area contributed by atoms with Gasteiger partial charge >= 0.3 is 5.97 Å². The van der Waals surface area contributed by atoms with Crippen LogP contribution in [-0.4, -0.2) is 25.0 Å². The second-order valence-corrected chi connectivity index (χ2v) is 6.25. The third kappa shape index (κ3) is 6.05. The minimum atomic E-state index is -0.362. The first-order valence-electron chi connectivity index (χ1n) is 8.71. The molecule has 0 bridgehead atoms. The van der Waals surface area contributed by atoms with Gasteiger partial charge in [0.05, 0.1) is 6.61 Å². The fraction of sp³-hybridized carbons (Fsp3) is 0.579. The van der Waals surface area contributed by atoms with Gasteiger partial charge in [0.1, 0.15) is 6.54 Å². The van der Waals surface area contributed by atoms with Crippen LogP contribution in [0.1, 0.15) is 61.4 Å². The van der Waals surface area contributed by atoms with Gasteiger partial charge in [-0.05, 0) is 36.5 Å². The van der Waals surface area contributed by atoms with Crippen molar-refractivity contribution < 1.29 is 14.3 Å². The van der Waals surface area contributed by atoms with Crippen molar-refractivity contribution >= 4 is 11.9 Å². The molecule has 0 unspecified atom stereocenters. The molecule has 23 heavy (non-hydrogen) atoms. The van der Waals surface area contributed by atoms with Gasteiger partial charge in [0, 0.05) is 5.56 Å². The van der Waals surface area contributed by atoms with Crippen molar-refractivity contribution in [3.8, 4) is 0 Å². The molecule has 0 saturated heterocycles. The van der Waals surface area contributed by atoms with Gasteiger partial charge in [-0.3, -0.25) is 9.59 Å². The monoisotopic (exact) mass is 317 g/mol. The Hall–Kier alpha value is -1.84. The van der Waals surface area contributed by atoms with Crippen LogP contribution in [0.25, 0.3) is 0 Å². The smallest absolute Gasteiger partial charge is 0.325 e. The summed E-state index contributed by atoms with van der Waals surface area (Å²) < 4.78 is 5.21. The Morgan fingerprint density at radius 1 is 1.13 bits per heavy atom. The summed E-state index contributed by atoms with van der Waals surface area (Å²) in [5, 5.41) is 2.61. The average molecular weight is 317 g/mol. The lowest BCUT2D eigenvalue weighted by Crippen LogP contribution is -2.31. The Bertz CT molecular complexity index is 504. The Balaban J connectivity index is 1.63. The maximum absolute atomic E-state index is 12.0. The third-order valence-corrected chi connectivity index (χ3v) is 4.53. The number of hydrogen-bond acceptors (Lipinski definition) is 3. The van der Waals surface area contributed by atoms with Crippen molar-refractivity contribution in [2.45, 2.75) is 51.9 Å². The Morgan fingerprint density at radius 2 is 1.83 bits per heavy atom. The molecule has 1 aliphatic rings. The molecule has 1 aromatic carbocycles. The number of aryl methyl sites for hydroxylation is 1. The Morgan fingerprint density at radius 3 is 2.48 bits per heavy atom. The van der Waals surface area contributed by atoms with E-state index < -0.39 is 0 Å². The van der Waals surface area contributed by atoms with E-state index in [-0.39, 0.29) is 18.4 Å². The maximum Gasteiger partial charge on any atom is 0.325 e. The minimum Gasteiger partial charge on any atom is -0.464 e. The number of esters is 1. The van der Waals surface area contributed by atoms with Gasteiger partial charge in [0.2, 0.25) is 0 Å². The second kappa shape index (κ2) is 9.33. The summed E-state index contributed by atoms with van der Waals surface area (Å²) in [6.45, 7) is 2.46. The van der Waals surface area contributed by atoms with Crippen LogP contribution in [0.15, 0.2) is 24.3 Å². The Labute approximate surface area is 138 Å². The topological polar surface area (TPSA) is 55.4 Å². The normalized spacial score (nSPS) is 15.2. The van der Waals surface area contributed by atoms with Crippen LogP contribution < -0.4 is 5.32 Å². The standard InChI is InChI=1S/C19H27NO3/c1-2-15-8-10-17(11-9-15)19(22)20-14-18(21)23-13-12-16-6-4-3-5-7-16/h8-11,16H,2-7,12-14H2,1H3,(H,20,22). The van der Waals surface area contributed by atoms with E-state index in [2.05, 4.69) is 12.2 Å². The zero-order valence-corrected chi connectivity index (χ0v) is 14.0. The highest BCUT2D eigenvalue weighted by molar-refractivity contribution is 5.95. The first-order valence-corrected chi connectivity index (χ1v) is 8.71. The molecular weight excluding hydrogens is 290 g/mol. The molecule has 0 atom stereocenters. The summed E-state index contributed by atoms with van der Waals surface area (Å²) in [5.41, 5.74) is 1.75. The Kier molecular flexibility index (Phi) is 7.11. The van der Waals surface area contributed by atoms with Crippen LogP contribution in [0.5, 0.6) is 0 Å². The van der Waals surface area contributed by atoms with Gasteiger partial charge in [-0.25, -0.2) is 0 Å². The lowest BCUT2D eigenvalue weighted by Gasteiger charge is -2.21. The van der Waals surface area contributed by atoms with E-state index >= 15 is 0 Å². The van der Waals surface area contributed by atoms with E-state index in [4.69, 9.17) is 4.74 Å². The van der Waals surface area contributed by atoms with E-state index in [0.29, 0.717) is 18.1 Å². The van der Waals surface area contributed by atoms with Gasteiger partial charge in [-0.15, -0.1) is 0 Å². The van der Waals surface area contributed by atoms with Gasteiger partial charge < -0.3 is 10.1 Å². The van der Waals surface area contributed by atoms with Gasteiger partial charge in [-0.2, -0.15) is 0 Å². The minimum absolute atomic E-state index is 0.0704. The van der Waals surface area contributed by atoms with Crippen molar-refractivity contribution in [3.05, 3.63) is 35.4 Å². The number of ether oxygens (including phenoxy) is 1. The van der Waals surface area contributed by atoms with Crippen molar-refractivity contribution in [1.82, 2.24) is 5.32 Å². The molecule has 0 heterocycles.